The highest BCUT2D eigenvalue weighted by atomic mass is 16.5. The maximum absolute atomic E-state index is 11.1. The second-order valence-electron chi connectivity index (χ2n) is 10.4. The lowest BCUT2D eigenvalue weighted by atomic mass is 9.94. The minimum absolute atomic E-state index is 0.0516. The Morgan fingerprint density at radius 2 is 1.74 bits per heavy atom. The van der Waals surface area contributed by atoms with Gasteiger partial charge in [0.05, 0.1) is 31.8 Å². The molecule has 1 saturated heterocycles. The number of carboxylic acids is 1. The molecule has 4 atom stereocenters. The molecule has 0 aliphatic carbocycles. The van der Waals surface area contributed by atoms with Gasteiger partial charge in [0.1, 0.15) is 36.6 Å². The SMILES string of the molecule is Cc1cc(OC[C@H]2C[C@H](O)[C@@H](O)CO2)cc(C)c1-c1cccc(COc2ccc3c(c2)OCC3CC(=O)O)c1. The predicted molar refractivity (Wildman–Crippen MR) is 144 cm³/mol. The Morgan fingerprint density at radius 1 is 0.949 bits per heavy atom. The first-order chi connectivity index (χ1) is 18.8. The third-order valence-electron chi connectivity index (χ3n) is 7.30. The van der Waals surface area contributed by atoms with Crippen LogP contribution in [0.5, 0.6) is 17.2 Å². The lowest BCUT2D eigenvalue weighted by Crippen LogP contribution is -2.43. The highest BCUT2D eigenvalue weighted by Crippen LogP contribution is 2.38. The summed E-state index contributed by atoms with van der Waals surface area (Å²) in [7, 11) is 0. The summed E-state index contributed by atoms with van der Waals surface area (Å²) in [6.45, 7) is 5.28. The fourth-order valence-corrected chi connectivity index (χ4v) is 5.32. The maximum atomic E-state index is 11.1. The van der Waals surface area contributed by atoms with Crippen LogP contribution < -0.4 is 14.2 Å². The summed E-state index contributed by atoms with van der Waals surface area (Å²) in [5.74, 6) is 1.13. The number of benzene rings is 3. The summed E-state index contributed by atoms with van der Waals surface area (Å²) in [6.07, 6.45) is -1.50. The molecule has 1 fully saturated rings. The molecular weight excluding hydrogens is 500 g/mol. The number of aryl methyl sites for hydroxylation is 2. The summed E-state index contributed by atoms with van der Waals surface area (Å²) in [5.41, 5.74) is 6.30. The molecule has 0 amide bonds. The Balaban J connectivity index is 1.23. The van der Waals surface area contributed by atoms with Gasteiger partial charge >= 0.3 is 5.97 Å². The van der Waals surface area contributed by atoms with Crippen molar-refractivity contribution in [3.8, 4) is 28.4 Å². The Hall–Kier alpha value is -3.59. The predicted octanol–water partition coefficient (Wildman–Crippen LogP) is 4.39. The van der Waals surface area contributed by atoms with E-state index in [2.05, 4.69) is 26.0 Å². The molecule has 2 heterocycles. The van der Waals surface area contributed by atoms with Gasteiger partial charge in [0.2, 0.25) is 0 Å². The normalized spacial score (nSPS) is 22.2. The van der Waals surface area contributed by atoms with Crippen LogP contribution in [0.15, 0.2) is 54.6 Å². The molecule has 3 N–H and O–H groups in total. The fourth-order valence-electron chi connectivity index (χ4n) is 5.32. The quantitative estimate of drug-likeness (QED) is 0.370. The van der Waals surface area contributed by atoms with Crippen molar-refractivity contribution in [3.63, 3.8) is 0 Å². The largest absolute Gasteiger partial charge is 0.492 e. The third-order valence-corrected chi connectivity index (χ3v) is 7.30. The molecule has 0 aromatic heterocycles. The van der Waals surface area contributed by atoms with E-state index >= 15 is 0 Å². The number of ether oxygens (including phenoxy) is 4. The average Bonchev–Trinajstić information content (AvgIpc) is 3.29. The van der Waals surface area contributed by atoms with Gasteiger partial charge in [-0.25, -0.2) is 0 Å². The van der Waals surface area contributed by atoms with Gasteiger partial charge in [0.15, 0.2) is 0 Å². The van der Waals surface area contributed by atoms with Crippen LogP contribution >= 0.6 is 0 Å². The van der Waals surface area contributed by atoms with E-state index in [0.29, 0.717) is 37.7 Å². The summed E-state index contributed by atoms with van der Waals surface area (Å²) in [6, 6.07) is 17.8. The van der Waals surface area contributed by atoms with Crippen LogP contribution in [0.1, 0.15) is 41.0 Å². The first-order valence-corrected chi connectivity index (χ1v) is 13.2. The monoisotopic (exact) mass is 534 g/mol. The van der Waals surface area contributed by atoms with Gasteiger partial charge in [0.25, 0.3) is 0 Å². The standard InChI is InChI=1S/C31H34O8/c1-18-8-24(37-16-25-12-27(32)28(33)17-38-25)9-19(2)31(18)21-5-3-4-20(10-21)14-36-23-6-7-26-22(11-30(34)35)15-39-29(26)13-23/h3-10,13,22,25,27-28,32-33H,11-12,14-17H2,1-2H3,(H,34,35)/t22?,25-,27+,28+/m1/s1. The highest BCUT2D eigenvalue weighted by molar-refractivity contribution is 5.72. The van der Waals surface area contributed by atoms with E-state index in [0.717, 1.165) is 39.1 Å². The van der Waals surface area contributed by atoms with E-state index in [1.165, 1.54) is 0 Å². The summed E-state index contributed by atoms with van der Waals surface area (Å²) in [5, 5.41) is 28.6. The summed E-state index contributed by atoms with van der Waals surface area (Å²) >= 11 is 0. The molecule has 0 bridgehead atoms. The topological polar surface area (TPSA) is 115 Å². The molecule has 8 heteroatoms. The number of aliphatic carboxylic acids is 1. The molecule has 206 valence electrons. The van der Waals surface area contributed by atoms with Crippen LogP contribution in [0, 0.1) is 13.8 Å². The van der Waals surface area contributed by atoms with Crippen molar-refractivity contribution in [3.05, 3.63) is 76.9 Å². The fraction of sp³-hybridized carbons (Fsp3) is 0.387. The van der Waals surface area contributed by atoms with Crippen LogP contribution in [-0.2, 0) is 16.1 Å². The summed E-state index contributed by atoms with van der Waals surface area (Å²) in [4.78, 5) is 11.1. The zero-order valence-electron chi connectivity index (χ0n) is 22.1. The molecule has 8 nitrogen and oxygen atoms in total. The van der Waals surface area contributed by atoms with Crippen molar-refractivity contribution in [1.82, 2.24) is 0 Å². The summed E-state index contributed by atoms with van der Waals surface area (Å²) < 4.78 is 23.3. The van der Waals surface area contributed by atoms with Crippen LogP contribution in [0.2, 0.25) is 0 Å². The van der Waals surface area contributed by atoms with Crippen molar-refractivity contribution < 1.29 is 39.1 Å². The second-order valence-corrected chi connectivity index (χ2v) is 10.4. The lowest BCUT2D eigenvalue weighted by molar-refractivity contribution is -0.137. The number of aliphatic hydroxyl groups is 2. The number of hydrogen-bond acceptors (Lipinski definition) is 7. The molecule has 39 heavy (non-hydrogen) atoms. The van der Waals surface area contributed by atoms with Gasteiger partial charge < -0.3 is 34.3 Å². The first-order valence-electron chi connectivity index (χ1n) is 13.2. The average molecular weight is 535 g/mol. The van der Waals surface area contributed by atoms with Gasteiger partial charge in [-0.1, -0.05) is 24.3 Å². The molecular formula is C31H34O8. The van der Waals surface area contributed by atoms with Crippen LogP contribution in [0.4, 0.5) is 0 Å². The zero-order chi connectivity index (χ0) is 27.5. The Labute approximate surface area is 227 Å². The zero-order valence-corrected chi connectivity index (χ0v) is 22.1. The smallest absolute Gasteiger partial charge is 0.304 e. The number of aliphatic hydroxyl groups excluding tert-OH is 2. The Kier molecular flexibility index (Phi) is 8.07. The maximum Gasteiger partial charge on any atom is 0.304 e. The van der Waals surface area contributed by atoms with E-state index in [4.69, 9.17) is 24.1 Å². The van der Waals surface area contributed by atoms with E-state index in [-0.39, 0.29) is 25.0 Å². The van der Waals surface area contributed by atoms with Gasteiger partial charge in [-0.05, 0) is 65.9 Å². The van der Waals surface area contributed by atoms with E-state index in [1.54, 1.807) is 0 Å². The Bertz CT molecular complexity index is 1310. The van der Waals surface area contributed by atoms with Gasteiger partial charge in [0, 0.05) is 24.0 Å². The molecule has 3 aromatic rings. The van der Waals surface area contributed by atoms with E-state index < -0.39 is 18.2 Å². The lowest BCUT2D eigenvalue weighted by Gasteiger charge is -2.30. The first kappa shape index (κ1) is 27.0. The number of rotatable bonds is 9. The van der Waals surface area contributed by atoms with Crippen molar-refractivity contribution in [2.45, 2.75) is 57.5 Å². The number of hydrogen-bond donors (Lipinski definition) is 3. The number of carboxylic acid groups (broad SMARTS) is 1. The Morgan fingerprint density at radius 3 is 2.49 bits per heavy atom. The molecule has 0 spiro atoms. The van der Waals surface area contributed by atoms with Crippen molar-refractivity contribution in [1.29, 1.82) is 0 Å². The molecule has 2 aliphatic heterocycles. The molecule has 2 aliphatic rings. The van der Waals surface area contributed by atoms with Crippen molar-refractivity contribution >= 4 is 5.97 Å². The van der Waals surface area contributed by atoms with Crippen molar-refractivity contribution in [2.75, 3.05) is 19.8 Å². The molecule has 1 unspecified atom stereocenters. The van der Waals surface area contributed by atoms with Crippen LogP contribution in [0.25, 0.3) is 11.1 Å². The molecule has 5 rings (SSSR count). The highest BCUT2D eigenvalue weighted by Gasteiger charge is 2.29. The van der Waals surface area contributed by atoms with Crippen LogP contribution in [0.3, 0.4) is 0 Å². The second kappa shape index (κ2) is 11.7. The van der Waals surface area contributed by atoms with Gasteiger partial charge in [-0.2, -0.15) is 0 Å². The number of carbonyl (C=O) groups is 1. The molecule has 0 saturated carbocycles. The minimum Gasteiger partial charge on any atom is -0.492 e. The molecule has 3 aromatic carbocycles. The van der Waals surface area contributed by atoms with E-state index in [9.17, 15) is 15.0 Å². The van der Waals surface area contributed by atoms with Crippen molar-refractivity contribution in [2.24, 2.45) is 0 Å². The van der Waals surface area contributed by atoms with Gasteiger partial charge in [-0.3, -0.25) is 4.79 Å². The minimum atomic E-state index is -0.841. The van der Waals surface area contributed by atoms with Crippen LogP contribution in [-0.4, -0.2) is 59.4 Å². The molecule has 0 radical (unpaired) electrons. The third kappa shape index (κ3) is 6.36. The van der Waals surface area contributed by atoms with Gasteiger partial charge in [-0.15, -0.1) is 0 Å². The van der Waals surface area contributed by atoms with E-state index in [1.807, 2.05) is 42.5 Å². The number of fused-ring (bicyclic) bond motifs is 1.